The topological polar surface area (TPSA) is 79.6 Å². The van der Waals surface area contributed by atoms with Gasteiger partial charge in [-0.2, -0.15) is 0 Å². The highest BCUT2D eigenvalue weighted by Gasteiger charge is 2.10. The molecule has 178 valence electrons. The summed E-state index contributed by atoms with van der Waals surface area (Å²) in [4.78, 5) is 15.0. The number of benzene rings is 2. The molecule has 0 spiro atoms. The lowest BCUT2D eigenvalue weighted by Gasteiger charge is -2.26. The van der Waals surface area contributed by atoms with Gasteiger partial charge in [-0.25, -0.2) is 0 Å². The monoisotopic (exact) mass is 458 g/mol. The van der Waals surface area contributed by atoms with Crippen LogP contribution in [-0.2, 0) is 4.74 Å². The Morgan fingerprint density at radius 2 is 1.85 bits per heavy atom. The van der Waals surface area contributed by atoms with Gasteiger partial charge in [0.15, 0.2) is 0 Å². The molecule has 0 atom stereocenters. The van der Waals surface area contributed by atoms with E-state index in [0.717, 1.165) is 61.8 Å². The van der Waals surface area contributed by atoms with Crippen LogP contribution in [0.3, 0.4) is 0 Å². The zero-order valence-corrected chi connectivity index (χ0v) is 19.6. The fourth-order valence-corrected chi connectivity index (χ4v) is 3.66. The average molecular weight is 459 g/mol. The molecule has 0 unspecified atom stereocenters. The van der Waals surface area contributed by atoms with E-state index in [1.165, 1.54) is 6.20 Å². The summed E-state index contributed by atoms with van der Waals surface area (Å²) in [5.74, 6) is -0.0585. The number of nitrogens with two attached hydrogens (primary N) is 1. The van der Waals surface area contributed by atoms with E-state index in [4.69, 9.17) is 10.5 Å². The molecule has 0 aromatic heterocycles. The number of nitrogens with zero attached hydrogens (tertiary/aromatic N) is 1. The maximum absolute atomic E-state index is 12.6. The molecule has 4 N–H and O–H groups in total. The Hall–Kier alpha value is -3.61. The average Bonchev–Trinajstić information content (AvgIpc) is 2.86. The number of rotatable bonds is 11. The molecule has 1 aliphatic rings. The molecule has 1 aliphatic heterocycles. The van der Waals surface area contributed by atoms with Crippen LogP contribution < -0.4 is 16.4 Å². The molecule has 0 saturated carbocycles. The lowest BCUT2D eigenvalue weighted by molar-refractivity contribution is 0.0374. The van der Waals surface area contributed by atoms with Crippen LogP contribution in [0.4, 0.5) is 11.4 Å². The van der Waals surface area contributed by atoms with E-state index in [9.17, 15) is 4.79 Å². The number of hydrogen-bond donors (Lipinski definition) is 3. The van der Waals surface area contributed by atoms with Crippen molar-refractivity contribution in [2.24, 2.45) is 5.73 Å². The molecule has 2 aromatic carbocycles. The highest BCUT2D eigenvalue weighted by molar-refractivity contribution is 5.95. The first-order valence-electron chi connectivity index (χ1n) is 11.6. The number of amides is 1. The minimum Gasteiger partial charge on any atom is -0.405 e. The second kappa shape index (κ2) is 13.8. The van der Waals surface area contributed by atoms with Crippen LogP contribution in [-0.4, -0.2) is 50.2 Å². The number of carbonyl (C=O) groups is 1. The summed E-state index contributed by atoms with van der Waals surface area (Å²) >= 11 is 0. The molecule has 6 nitrogen and oxygen atoms in total. The molecule has 0 bridgehead atoms. The summed E-state index contributed by atoms with van der Waals surface area (Å²) in [6.45, 7) is 8.89. The van der Waals surface area contributed by atoms with Gasteiger partial charge in [0.1, 0.15) is 0 Å². The summed E-state index contributed by atoms with van der Waals surface area (Å²) in [6, 6.07) is 15.6. The van der Waals surface area contributed by atoms with Gasteiger partial charge in [0.25, 0.3) is 5.91 Å². The largest absolute Gasteiger partial charge is 0.405 e. The Balaban J connectivity index is 1.55. The van der Waals surface area contributed by atoms with E-state index in [1.807, 2.05) is 72.8 Å². The third-order valence-corrected chi connectivity index (χ3v) is 5.41. The number of anilines is 2. The molecule has 1 saturated heterocycles. The maximum atomic E-state index is 12.6. The molecule has 6 heteroatoms. The van der Waals surface area contributed by atoms with Crippen molar-refractivity contribution in [1.82, 2.24) is 10.2 Å². The first-order valence-corrected chi connectivity index (χ1v) is 11.6. The van der Waals surface area contributed by atoms with Crippen molar-refractivity contribution in [3.8, 4) is 0 Å². The van der Waals surface area contributed by atoms with E-state index in [1.54, 1.807) is 6.08 Å². The number of allylic oxidation sites excluding steroid dienone is 5. The van der Waals surface area contributed by atoms with E-state index >= 15 is 0 Å². The Bertz CT molecular complexity index is 1040. The first-order chi connectivity index (χ1) is 16.7. The van der Waals surface area contributed by atoms with Crippen molar-refractivity contribution < 1.29 is 9.53 Å². The van der Waals surface area contributed by atoms with Crippen LogP contribution in [0, 0.1) is 0 Å². The van der Waals surface area contributed by atoms with Crippen LogP contribution in [0.5, 0.6) is 0 Å². The molecule has 1 amide bonds. The Morgan fingerprint density at radius 1 is 1.09 bits per heavy atom. The second-order valence-electron chi connectivity index (χ2n) is 7.99. The smallest absolute Gasteiger partial charge is 0.251 e. The van der Waals surface area contributed by atoms with E-state index < -0.39 is 0 Å². The zero-order valence-electron chi connectivity index (χ0n) is 19.6. The Labute approximate surface area is 202 Å². The van der Waals surface area contributed by atoms with Gasteiger partial charge in [-0.3, -0.25) is 9.69 Å². The van der Waals surface area contributed by atoms with Gasteiger partial charge >= 0.3 is 0 Å². The molecule has 3 rings (SSSR count). The number of morpholine rings is 1. The maximum Gasteiger partial charge on any atom is 0.251 e. The van der Waals surface area contributed by atoms with Gasteiger partial charge in [0.05, 0.1) is 13.2 Å². The predicted octanol–water partition coefficient (Wildman–Crippen LogP) is 4.48. The van der Waals surface area contributed by atoms with Crippen LogP contribution in [0.15, 0.2) is 91.2 Å². The Morgan fingerprint density at radius 3 is 2.62 bits per heavy atom. The van der Waals surface area contributed by atoms with Gasteiger partial charge in [-0.05, 0) is 66.7 Å². The molecule has 34 heavy (non-hydrogen) atoms. The van der Waals surface area contributed by atoms with Crippen molar-refractivity contribution >= 4 is 23.4 Å². The Kier molecular flexibility index (Phi) is 10.2. The standard InChI is InChI=1S/C28H34N4O2/c1-2-6-23(13-14-29)11-12-24-7-3-9-26(21-24)31-27-10-4-8-25(22-27)28(33)30-15-5-16-32-17-19-34-20-18-32/h2-4,6-14,21-22,31H,1,5,15-20,29H2,(H,30,33)/b12-11+,14-13-,23-6-. The number of ether oxygens (including phenoxy) is 1. The minimum atomic E-state index is -0.0585. The SMILES string of the molecule is C=C/C=C(\C=C/N)/C=C/c1cccc(Nc2cccc(C(=O)NCCCN3CCOCC3)c2)c1. The summed E-state index contributed by atoms with van der Waals surface area (Å²) in [5.41, 5.74) is 9.94. The molecule has 0 aliphatic carbocycles. The van der Waals surface area contributed by atoms with Crippen LogP contribution in [0.25, 0.3) is 6.08 Å². The van der Waals surface area contributed by atoms with Gasteiger partial charge in [-0.1, -0.05) is 49.1 Å². The minimum absolute atomic E-state index is 0.0585. The van der Waals surface area contributed by atoms with Gasteiger partial charge in [0.2, 0.25) is 0 Å². The second-order valence-corrected chi connectivity index (χ2v) is 7.99. The molecule has 2 aromatic rings. The fourth-order valence-electron chi connectivity index (χ4n) is 3.66. The molecule has 1 heterocycles. The zero-order chi connectivity index (χ0) is 24.0. The lowest BCUT2D eigenvalue weighted by Crippen LogP contribution is -2.38. The highest BCUT2D eigenvalue weighted by Crippen LogP contribution is 2.20. The molecular formula is C28H34N4O2. The van der Waals surface area contributed by atoms with Gasteiger partial charge in [-0.15, -0.1) is 0 Å². The van der Waals surface area contributed by atoms with Crippen molar-refractivity contribution in [3.63, 3.8) is 0 Å². The van der Waals surface area contributed by atoms with E-state index in [-0.39, 0.29) is 5.91 Å². The third-order valence-electron chi connectivity index (χ3n) is 5.41. The summed E-state index contributed by atoms with van der Waals surface area (Å²) in [6.07, 6.45) is 11.9. The summed E-state index contributed by atoms with van der Waals surface area (Å²) in [5, 5.41) is 6.42. The van der Waals surface area contributed by atoms with Gasteiger partial charge in [0, 0.05) is 36.6 Å². The number of hydrogen-bond acceptors (Lipinski definition) is 5. The van der Waals surface area contributed by atoms with Crippen molar-refractivity contribution in [2.75, 3.05) is 44.7 Å². The van der Waals surface area contributed by atoms with Crippen LogP contribution in [0.2, 0.25) is 0 Å². The molecule has 1 fully saturated rings. The number of carbonyl (C=O) groups excluding carboxylic acids is 1. The van der Waals surface area contributed by atoms with Crippen molar-refractivity contribution in [3.05, 3.63) is 102 Å². The van der Waals surface area contributed by atoms with Crippen molar-refractivity contribution in [2.45, 2.75) is 6.42 Å². The summed E-state index contributed by atoms with van der Waals surface area (Å²) in [7, 11) is 0. The lowest BCUT2D eigenvalue weighted by atomic mass is 10.1. The third kappa shape index (κ3) is 8.39. The quantitative estimate of drug-likeness (QED) is 0.342. The summed E-state index contributed by atoms with van der Waals surface area (Å²) < 4.78 is 5.37. The first kappa shape index (κ1) is 25.0. The van der Waals surface area contributed by atoms with Crippen LogP contribution in [0.1, 0.15) is 22.3 Å². The predicted molar refractivity (Wildman–Crippen MR) is 141 cm³/mol. The van der Waals surface area contributed by atoms with Gasteiger partial charge < -0.3 is 21.1 Å². The number of nitrogens with one attached hydrogen (secondary N) is 2. The molecular weight excluding hydrogens is 424 g/mol. The highest BCUT2D eigenvalue weighted by atomic mass is 16.5. The van der Waals surface area contributed by atoms with E-state index in [2.05, 4.69) is 22.1 Å². The molecule has 0 radical (unpaired) electrons. The van der Waals surface area contributed by atoms with E-state index in [0.29, 0.717) is 12.1 Å². The van der Waals surface area contributed by atoms with Crippen LogP contribution >= 0.6 is 0 Å². The normalized spacial score (nSPS) is 15.0. The fraction of sp³-hybridized carbons (Fsp3) is 0.250. The van der Waals surface area contributed by atoms with Crippen molar-refractivity contribution in [1.29, 1.82) is 0 Å².